The highest BCUT2D eigenvalue weighted by Gasteiger charge is 2.18. The fourth-order valence-corrected chi connectivity index (χ4v) is 3.34. The van der Waals surface area contributed by atoms with Crippen LogP contribution in [0.1, 0.15) is 37.4 Å². The zero-order valence-corrected chi connectivity index (χ0v) is 13.8. The first-order valence-electron chi connectivity index (χ1n) is 7.37. The van der Waals surface area contributed by atoms with E-state index in [2.05, 4.69) is 22.1 Å². The van der Waals surface area contributed by atoms with Crippen molar-refractivity contribution < 1.29 is 0 Å². The van der Waals surface area contributed by atoms with Gasteiger partial charge in [-0.1, -0.05) is 36.5 Å². The summed E-state index contributed by atoms with van der Waals surface area (Å²) in [5, 5.41) is 4.84. The van der Waals surface area contributed by atoms with E-state index in [1.54, 1.807) is 0 Å². The predicted octanol–water partition coefficient (Wildman–Crippen LogP) is 3.66. The Morgan fingerprint density at radius 2 is 2.20 bits per heavy atom. The normalized spacial score (nSPS) is 19.6. The quantitative estimate of drug-likeness (QED) is 0.840. The van der Waals surface area contributed by atoms with Gasteiger partial charge in [0.1, 0.15) is 5.15 Å². The molecule has 0 saturated carbocycles. The van der Waals surface area contributed by atoms with Gasteiger partial charge in [-0.3, -0.25) is 4.90 Å². The molecular formula is C15H23Cl2N3. The van der Waals surface area contributed by atoms with E-state index in [1.165, 1.54) is 19.3 Å². The summed E-state index contributed by atoms with van der Waals surface area (Å²) in [5.41, 5.74) is 1.80. The van der Waals surface area contributed by atoms with Crippen LogP contribution in [0.25, 0.3) is 0 Å². The number of aromatic nitrogens is 1. The first-order valence-corrected chi connectivity index (χ1v) is 8.13. The average Bonchev–Trinajstić information content (AvgIpc) is 2.42. The number of aryl methyl sites for hydroxylation is 1. The summed E-state index contributed by atoms with van der Waals surface area (Å²) in [7, 11) is 0. The minimum absolute atomic E-state index is 0.532. The summed E-state index contributed by atoms with van der Waals surface area (Å²) in [6, 6.07) is 2.47. The van der Waals surface area contributed by atoms with Gasteiger partial charge >= 0.3 is 0 Å². The van der Waals surface area contributed by atoms with E-state index in [0.29, 0.717) is 11.2 Å². The lowest BCUT2D eigenvalue weighted by Crippen LogP contribution is -2.43. The summed E-state index contributed by atoms with van der Waals surface area (Å²) < 4.78 is 0. The Morgan fingerprint density at radius 1 is 1.40 bits per heavy atom. The largest absolute Gasteiger partial charge is 0.313 e. The van der Waals surface area contributed by atoms with Crippen molar-refractivity contribution in [3.05, 3.63) is 27.5 Å². The van der Waals surface area contributed by atoms with Gasteiger partial charge in [-0.15, -0.1) is 0 Å². The van der Waals surface area contributed by atoms with Crippen LogP contribution in [0.15, 0.2) is 6.07 Å². The topological polar surface area (TPSA) is 28.2 Å². The molecule has 2 heterocycles. The van der Waals surface area contributed by atoms with Crippen molar-refractivity contribution in [1.29, 1.82) is 0 Å². The minimum atomic E-state index is 0.532. The molecule has 20 heavy (non-hydrogen) atoms. The van der Waals surface area contributed by atoms with E-state index in [9.17, 15) is 0 Å². The standard InChI is InChI=1S/C15H23Cl2N3/c1-3-20(9-12-6-4-5-7-18-12)10-13-14(16)8-11(2)19-15(13)17/h8,12,18H,3-7,9-10H2,1-2H3. The first kappa shape index (κ1) is 16.0. The van der Waals surface area contributed by atoms with E-state index >= 15 is 0 Å². The second kappa shape index (κ2) is 7.60. The number of piperidine rings is 1. The molecule has 0 radical (unpaired) electrons. The van der Waals surface area contributed by atoms with E-state index < -0.39 is 0 Å². The molecule has 3 nitrogen and oxygen atoms in total. The molecule has 112 valence electrons. The first-order chi connectivity index (χ1) is 9.60. The molecule has 1 aromatic rings. The van der Waals surface area contributed by atoms with Crippen molar-refractivity contribution in [3.63, 3.8) is 0 Å². The second-order valence-electron chi connectivity index (χ2n) is 5.49. The number of halogens is 2. The summed E-state index contributed by atoms with van der Waals surface area (Å²) in [4.78, 5) is 6.69. The third kappa shape index (κ3) is 4.32. The maximum atomic E-state index is 6.31. The molecule has 1 atom stereocenters. The lowest BCUT2D eigenvalue weighted by Gasteiger charge is -2.30. The highest BCUT2D eigenvalue weighted by Crippen LogP contribution is 2.25. The number of hydrogen-bond donors (Lipinski definition) is 1. The lowest BCUT2D eigenvalue weighted by molar-refractivity contribution is 0.226. The molecule has 0 aromatic carbocycles. The van der Waals surface area contributed by atoms with Crippen LogP contribution in [0.3, 0.4) is 0 Å². The smallest absolute Gasteiger partial charge is 0.135 e. The van der Waals surface area contributed by atoms with Gasteiger partial charge in [0.2, 0.25) is 0 Å². The lowest BCUT2D eigenvalue weighted by atomic mass is 10.0. The van der Waals surface area contributed by atoms with Crippen LogP contribution < -0.4 is 5.32 Å². The maximum Gasteiger partial charge on any atom is 0.135 e. The van der Waals surface area contributed by atoms with Crippen LogP contribution >= 0.6 is 23.2 Å². The van der Waals surface area contributed by atoms with Crippen LogP contribution in [0, 0.1) is 6.92 Å². The second-order valence-corrected chi connectivity index (χ2v) is 6.25. The fourth-order valence-electron chi connectivity index (χ4n) is 2.68. The SMILES string of the molecule is CCN(Cc1c(Cl)cc(C)nc1Cl)CC1CCCCN1. The van der Waals surface area contributed by atoms with Crippen molar-refractivity contribution in [2.24, 2.45) is 0 Å². The van der Waals surface area contributed by atoms with Crippen molar-refractivity contribution in [2.45, 2.75) is 45.7 Å². The van der Waals surface area contributed by atoms with Gasteiger partial charge in [-0.05, 0) is 38.9 Å². The minimum Gasteiger partial charge on any atom is -0.313 e. The van der Waals surface area contributed by atoms with E-state index in [-0.39, 0.29) is 0 Å². The van der Waals surface area contributed by atoms with E-state index in [0.717, 1.165) is 42.5 Å². The molecule has 5 heteroatoms. The molecule has 1 aromatic heterocycles. The summed E-state index contributed by atoms with van der Waals surface area (Å²) in [5.74, 6) is 0. The summed E-state index contributed by atoms with van der Waals surface area (Å²) >= 11 is 12.6. The Balaban J connectivity index is 2.02. The van der Waals surface area contributed by atoms with Crippen LogP contribution in [0.4, 0.5) is 0 Å². The molecule has 0 amide bonds. The fraction of sp³-hybridized carbons (Fsp3) is 0.667. The molecule has 0 bridgehead atoms. The van der Waals surface area contributed by atoms with Gasteiger partial charge in [0, 0.05) is 35.4 Å². The number of pyridine rings is 1. The van der Waals surface area contributed by atoms with E-state index in [4.69, 9.17) is 23.2 Å². The van der Waals surface area contributed by atoms with Crippen molar-refractivity contribution in [3.8, 4) is 0 Å². The molecule has 1 unspecified atom stereocenters. The molecular weight excluding hydrogens is 293 g/mol. The molecule has 2 rings (SSSR count). The average molecular weight is 316 g/mol. The van der Waals surface area contributed by atoms with Gasteiger partial charge in [-0.25, -0.2) is 4.98 Å². The molecule has 1 aliphatic rings. The Morgan fingerprint density at radius 3 is 2.80 bits per heavy atom. The molecule has 1 saturated heterocycles. The van der Waals surface area contributed by atoms with Crippen molar-refractivity contribution >= 4 is 23.2 Å². The Bertz CT molecular complexity index is 422. The molecule has 1 aliphatic heterocycles. The molecule has 0 spiro atoms. The summed E-state index contributed by atoms with van der Waals surface area (Å²) in [6.07, 6.45) is 3.87. The zero-order valence-electron chi connectivity index (χ0n) is 12.3. The van der Waals surface area contributed by atoms with Gasteiger partial charge in [0.05, 0.1) is 0 Å². The summed E-state index contributed by atoms with van der Waals surface area (Å²) in [6.45, 7) is 8.00. The Labute approximate surface area is 131 Å². The third-order valence-electron chi connectivity index (χ3n) is 3.87. The van der Waals surface area contributed by atoms with Gasteiger partial charge in [0.15, 0.2) is 0 Å². The number of rotatable bonds is 5. The number of likely N-dealkylation sites (N-methyl/N-ethyl adjacent to an activating group) is 1. The zero-order chi connectivity index (χ0) is 14.5. The van der Waals surface area contributed by atoms with Crippen LogP contribution in [0.5, 0.6) is 0 Å². The number of hydrogen-bond acceptors (Lipinski definition) is 3. The predicted molar refractivity (Wildman–Crippen MR) is 85.6 cm³/mol. The molecule has 1 fully saturated rings. The highest BCUT2D eigenvalue weighted by atomic mass is 35.5. The highest BCUT2D eigenvalue weighted by molar-refractivity contribution is 6.35. The Hall–Kier alpha value is -0.350. The number of nitrogens with one attached hydrogen (secondary N) is 1. The van der Waals surface area contributed by atoms with Crippen molar-refractivity contribution in [1.82, 2.24) is 15.2 Å². The molecule has 0 aliphatic carbocycles. The van der Waals surface area contributed by atoms with Crippen LogP contribution in [0.2, 0.25) is 10.2 Å². The van der Waals surface area contributed by atoms with Crippen LogP contribution in [-0.4, -0.2) is 35.6 Å². The third-order valence-corrected chi connectivity index (χ3v) is 4.52. The van der Waals surface area contributed by atoms with Crippen LogP contribution in [-0.2, 0) is 6.54 Å². The molecule has 1 N–H and O–H groups in total. The number of nitrogens with zero attached hydrogens (tertiary/aromatic N) is 2. The van der Waals surface area contributed by atoms with E-state index in [1.807, 2.05) is 13.0 Å². The Kier molecular flexibility index (Phi) is 6.09. The maximum absolute atomic E-state index is 6.31. The van der Waals surface area contributed by atoms with Gasteiger partial charge in [0.25, 0.3) is 0 Å². The van der Waals surface area contributed by atoms with Gasteiger partial charge < -0.3 is 5.32 Å². The monoisotopic (exact) mass is 315 g/mol. The van der Waals surface area contributed by atoms with Gasteiger partial charge in [-0.2, -0.15) is 0 Å². The van der Waals surface area contributed by atoms with Crippen molar-refractivity contribution in [2.75, 3.05) is 19.6 Å².